The van der Waals surface area contributed by atoms with E-state index in [-0.39, 0.29) is 28.5 Å². The summed E-state index contributed by atoms with van der Waals surface area (Å²) in [6.07, 6.45) is -3.70. The van der Waals surface area contributed by atoms with Gasteiger partial charge in [-0.25, -0.2) is 28.1 Å². The molecule has 0 spiro atoms. The van der Waals surface area contributed by atoms with Crippen LogP contribution in [0.1, 0.15) is 34.5 Å². The maximum Gasteiger partial charge on any atom is 0.434 e. The van der Waals surface area contributed by atoms with Gasteiger partial charge in [0.15, 0.2) is 5.69 Å². The first-order chi connectivity index (χ1) is 16.9. The van der Waals surface area contributed by atoms with Gasteiger partial charge in [-0.15, -0.1) is 11.3 Å². The number of amides is 1. The van der Waals surface area contributed by atoms with E-state index in [1.54, 1.807) is 19.9 Å². The minimum Gasteiger partial charge on any atom is -0.367 e. The second-order valence-corrected chi connectivity index (χ2v) is 9.80. The van der Waals surface area contributed by atoms with Crippen LogP contribution in [-0.4, -0.2) is 50.8 Å². The zero-order chi connectivity index (χ0) is 26.3. The van der Waals surface area contributed by atoms with Gasteiger partial charge in [0.1, 0.15) is 17.3 Å². The summed E-state index contributed by atoms with van der Waals surface area (Å²) >= 11 is 1.08. The quantitative estimate of drug-likeness (QED) is 0.432. The third kappa shape index (κ3) is 5.45. The number of carbonyl (C=O) groups is 1. The molecular weight excluding hydrogens is 508 g/mol. The van der Waals surface area contributed by atoms with E-state index in [4.69, 9.17) is 0 Å². The molecule has 192 valence electrons. The molecule has 4 rings (SSSR count). The SMILES string of the molecule is Cc1nc(C(=O)N2CC(F)(F)C[C@@H](C)[C@H]2CNc2cnc(C(F)(F)F)cn2)c(-c2ccccc2F)s1. The van der Waals surface area contributed by atoms with E-state index in [9.17, 15) is 31.1 Å². The average molecular weight is 530 g/mol. The molecule has 0 radical (unpaired) electrons. The third-order valence-electron chi connectivity index (χ3n) is 5.83. The summed E-state index contributed by atoms with van der Waals surface area (Å²) in [6.45, 7) is 2.24. The first-order valence-electron chi connectivity index (χ1n) is 10.9. The molecule has 1 fully saturated rings. The highest BCUT2D eigenvalue weighted by molar-refractivity contribution is 7.15. The lowest BCUT2D eigenvalue weighted by Crippen LogP contribution is -2.57. The summed E-state index contributed by atoms with van der Waals surface area (Å²) in [4.78, 5) is 26.0. The standard InChI is InChI=1S/C23H21F6N5OS/c1-12-7-22(25,26)11-34(16(12)8-31-18-10-30-17(9-32-18)23(27,28)29)21(35)19-20(36-13(2)33-19)14-5-3-4-6-15(14)24/h3-6,9-10,12,16H,7-8,11H2,1-2H3,(H,31,32)/t12-,16-/m1/s1. The van der Waals surface area contributed by atoms with E-state index in [1.165, 1.54) is 18.2 Å². The summed E-state index contributed by atoms with van der Waals surface area (Å²) in [7, 11) is 0. The molecule has 1 N–H and O–H groups in total. The maximum absolute atomic E-state index is 14.5. The molecule has 36 heavy (non-hydrogen) atoms. The van der Waals surface area contributed by atoms with E-state index < -0.39 is 54.4 Å². The number of likely N-dealkylation sites (tertiary alicyclic amines) is 1. The topological polar surface area (TPSA) is 71.0 Å². The smallest absolute Gasteiger partial charge is 0.367 e. The van der Waals surface area contributed by atoms with E-state index in [0.717, 1.165) is 22.4 Å². The number of hydrogen-bond acceptors (Lipinski definition) is 6. The Balaban J connectivity index is 1.62. The van der Waals surface area contributed by atoms with Crippen LogP contribution in [0, 0.1) is 18.7 Å². The fraction of sp³-hybridized carbons (Fsp3) is 0.391. The van der Waals surface area contributed by atoms with Gasteiger partial charge >= 0.3 is 6.18 Å². The molecule has 1 saturated heterocycles. The number of thiazole rings is 1. The number of aromatic nitrogens is 3. The molecule has 0 unspecified atom stereocenters. The number of nitrogens with one attached hydrogen (secondary N) is 1. The molecule has 1 amide bonds. The molecule has 3 heterocycles. The monoisotopic (exact) mass is 529 g/mol. The maximum atomic E-state index is 14.5. The van der Waals surface area contributed by atoms with Crippen LogP contribution in [0.2, 0.25) is 0 Å². The van der Waals surface area contributed by atoms with Crippen LogP contribution < -0.4 is 5.32 Å². The number of halogens is 6. The highest BCUT2D eigenvalue weighted by atomic mass is 32.1. The fourth-order valence-corrected chi connectivity index (χ4v) is 5.13. The van der Waals surface area contributed by atoms with E-state index in [2.05, 4.69) is 20.3 Å². The van der Waals surface area contributed by atoms with Crippen molar-refractivity contribution in [3.63, 3.8) is 0 Å². The summed E-state index contributed by atoms with van der Waals surface area (Å²) in [5.41, 5.74) is -1.17. The van der Waals surface area contributed by atoms with Gasteiger partial charge in [-0.05, 0) is 18.9 Å². The van der Waals surface area contributed by atoms with E-state index in [0.29, 0.717) is 11.2 Å². The van der Waals surface area contributed by atoms with Crippen molar-refractivity contribution in [3.8, 4) is 10.4 Å². The Labute approximate surface area is 206 Å². The number of rotatable bonds is 5. The van der Waals surface area contributed by atoms with Gasteiger partial charge in [0.25, 0.3) is 11.8 Å². The Hall–Kier alpha value is -3.22. The van der Waals surface area contributed by atoms with Crippen molar-refractivity contribution in [2.24, 2.45) is 5.92 Å². The fourth-order valence-electron chi connectivity index (χ4n) is 4.19. The Morgan fingerprint density at radius 3 is 2.58 bits per heavy atom. The minimum atomic E-state index is -4.65. The number of anilines is 1. The molecule has 0 bridgehead atoms. The normalized spacial score (nSPS) is 19.8. The van der Waals surface area contributed by atoms with Gasteiger partial charge in [-0.3, -0.25) is 4.79 Å². The average Bonchev–Trinajstić information content (AvgIpc) is 3.18. The van der Waals surface area contributed by atoms with Crippen molar-refractivity contribution in [2.75, 3.05) is 18.4 Å². The number of alkyl halides is 5. The minimum absolute atomic E-state index is 0.00326. The number of benzene rings is 1. The highest BCUT2D eigenvalue weighted by Gasteiger charge is 2.47. The zero-order valence-corrected chi connectivity index (χ0v) is 19.9. The van der Waals surface area contributed by atoms with Crippen LogP contribution in [0.3, 0.4) is 0 Å². The van der Waals surface area contributed by atoms with Gasteiger partial charge in [-0.2, -0.15) is 13.2 Å². The molecule has 0 saturated carbocycles. The van der Waals surface area contributed by atoms with Gasteiger partial charge in [0.2, 0.25) is 0 Å². The molecule has 6 nitrogen and oxygen atoms in total. The Morgan fingerprint density at radius 2 is 1.94 bits per heavy atom. The zero-order valence-electron chi connectivity index (χ0n) is 19.1. The first kappa shape index (κ1) is 25.9. The predicted molar refractivity (Wildman–Crippen MR) is 121 cm³/mol. The largest absolute Gasteiger partial charge is 0.434 e. The molecule has 2 aromatic heterocycles. The lowest BCUT2D eigenvalue weighted by Gasteiger charge is -2.43. The second kappa shape index (κ2) is 9.68. The molecule has 1 aliphatic rings. The lowest BCUT2D eigenvalue weighted by molar-refractivity contribution is -0.141. The number of carbonyl (C=O) groups excluding carboxylic acids is 1. The van der Waals surface area contributed by atoms with Crippen molar-refractivity contribution in [3.05, 3.63) is 58.9 Å². The van der Waals surface area contributed by atoms with Crippen molar-refractivity contribution >= 4 is 23.1 Å². The molecule has 1 aromatic carbocycles. The van der Waals surface area contributed by atoms with Crippen LogP contribution >= 0.6 is 11.3 Å². The first-order valence-corrected chi connectivity index (χ1v) is 11.7. The number of piperidine rings is 1. The third-order valence-corrected chi connectivity index (χ3v) is 6.83. The van der Waals surface area contributed by atoms with Crippen molar-refractivity contribution in [2.45, 2.75) is 38.4 Å². The molecule has 0 aliphatic carbocycles. The van der Waals surface area contributed by atoms with Crippen LogP contribution in [-0.2, 0) is 6.18 Å². The highest BCUT2D eigenvalue weighted by Crippen LogP contribution is 2.38. The molecule has 13 heteroatoms. The number of aryl methyl sites for hydroxylation is 1. The number of nitrogens with zero attached hydrogens (tertiary/aromatic N) is 4. The van der Waals surface area contributed by atoms with Gasteiger partial charge < -0.3 is 10.2 Å². The summed E-state index contributed by atoms with van der Waals surface area (Å²) in [5, 5.41) is 3.25. The van der Waals surface area contributed by atoms with Gasteiger partial charge in [0, 0.05) is 18.5 Å². The van der Waals surface area contributed by atoms with Gasteiger partial charge in [-0.1, -0.05) is 25.1 Å². The molecular formula is C23H21F6N5OS. The number of hydrogen-bond donors (Lipinski definition) is 1. The predicted octanol–water partition coefficient (Wildman–Crippen LogP) is 5.66. The lowest BCUT2D eigenvalue weighted by atomic mass is 9.88. The Kier molecular flexibility index (Phi) is 6.95. The molecule has 2 atom stereocenters. The van der Waals surface area contributed by atoms with E-state index >= 15 is 0 Å². The van der Waals surface area contributed by atoms with Crippen LogP contribution in [0.4, 0.5) is 32.2 Å². The second-order valence-electron chi connectivity index (χ2n) is 8.59. The summed E-state index contributed by atoms with van der Waals surface area (Å²) < 4.78 is 81.8. The molecule has 1 aliphatic heterocycles. The van der Waals surface area contributed by atoms with Crippen molar-refractivity contribution in [1.82, 2.24) is 19.9 Å². The van der Waals surface area contributed by atoms with Crippen molar-refractivity contribution < 1.29 is 31.1 Å². The van der Waals surface area contributed by atoms with E-state index in [1.807, 2.05) is 0 Å². The van der Waals surface area contributed by atoms with Crippen LogP contribution in [0.15, 0.2) is 36.7 Å². The Bertz CT molecular complexity index is 1250. The van der Waals surface area contributed by atoms with Crippen LogP contribution in [0.25, 0.3) is 10.4 Å². The summed E-state index contributed by atoms with van der Waals surface area (Å²) in [6, 6.07) is 5.03. The van der Waals surface area contributed by atoms with Gasteiger partial charge in [0.05, 0.1) is 34.9 Å². The van der Waals surface area contributed by atoms with Crippen LogP contribution in [0.5, 0.6) is 0 Å². The van der Waals surface area contributed by atoms with Crippen molar-refractivity contribution in [1.29, 1.82) is 0 Å². The molecule has 3 aromatic rings. The Morgan fingerprint density at radius 1 is 1.22 bits per heavy atom. The summed E-state index contributed by atoms with van der Waals surface area (Å²) in [5.74, 6) is -5.20.